The van der Waals surface area contributed by atoms with Crippen molar-refractivity contribution in [3.8, 4) is 0 Å². The predicted octanol–water partition coefficient (Wildman–Crippen LogP) is 4.16. The normalized spacial score (nSPS) is 12.7. The summed E-state index contributed by atoms with van der Waals surface area (Å²) in [5.41, 5.74) is 4.20. The molecule has 1 aliphatic rings. The molecule has 0 bridgehead atoms. The van der Waals surface area contributed by atoms with Crippen LogP contribution >= 0.6 is 0 Å². The lowest BCUT2D eigenvalue weighted by atomic mass is 10.0. The number of amides is 1. The molecule has 1 aliphatic heterocycles. The molecule has 0 atom stereocenters. The Labute approximate surface area is 176 Å². The fourth-order valence-corrected chi connectivity index (χ4v) is 3.78. The smallest absolute Gasteiger partial charge is 0.261 e. The monoisotopic (exact) mass is 417 g/mol. The minimum atomic E-state index is -0.946. The van der Waals surface area contributed by atoms with Crippen LogP contribution in [0, 0.1) is 18.6 Å². The van der Waals surface area contributed by atoms with Gasteiger partial charge >= 0.3 is 0 Å². The van der Waals surface area contributed by atoms with E-state index in [4.69, 9.17) is 0 Å². The third-order valence-electron chi connectivity index (χ3n) is 5.33. The quantitative estimate of drug-likeness (QED) is 0.544. The number of aryl methyl sites for hydroxylation is 2. The number of carbonyl (C=O) groups is 1. The van der Waals surface area contributed by atoms with E-state index in [0.29, 0.717) is 12.2 Å². The number of rotatable bonds is 3. The number of aromatic nitrogens is 3. The second-order valence-corrected chi connectivity index (χ2v) is 7.40. The highest BCUT2D eigenvalue weighted by atomic mass is 19.1. The molecule has 6 nitrogen and oxygen atoms in total. The van der Waals surface area contributed by atoms with Gasteiger partial charge in [-0.2, -0.15) is 5.10 Å². The standard InChI is InChI=1S/C23H17F2N5O/c1-12-4-3-5-18(28-12)22-15-8-14(7-6-13(15)10-26-22)29-23(31)20-17(24)9-19-16(21(20)25)11-27-30(19)2/h3-9,11H,10H2,1-2H3,(H,29,31). The average Bonchev–Trinajstić information content (AvgIpc) is 3.32. The van der Waals surface area contributed by atoms with Crippen molar-refractivity contribution in [3.63, 3.8) is 0 Å². The van der Waals surface area contributed by atoms with Crippen LogP contribution in [0.1, 0.15) is 32.9 Å². The minimum absolute atomic E-state index is 0.0861. The second-order valence-electron chi connectivity index (χ2n) is 7.40. The Balaban J connectivity index is 1.48. The van der Waals surface area contributed by atoms with Crippen LogP contribution in [0.25, 0.3) is 10.9 Å². The van der Waals surface area contributed by atoms with E-state index in [9.17, 15) is 13.6 Å². The SMILES string of the molecule is Cc1cccc(C2=NCc3ccc(NC(=O)c4c(F)cc5c(cnn5C)c4F)cc32)n1. The molecule has 154 valence electrons. The Morgan fingerprint density at radius 2 is 2.00 bits per heavy atom. The predicted molar refractivity (Wildman–Crippen MR) is 113 cm³/mol. The number of nitrogens with one attached hydrogen (secondary N) is 1. The van der Waals surface area contributed by atoms with Crippen LogP contribution in [-0.2, 0) is 13.6 Å². The van der Waals surface area contributed by atoms with Crippen molar-refractivity contribution < 1.29 is 13.6 Å². The van der Waals surface area contributed by atoms with Crippen molar-refractivity contribution in [2.75, 3.05) is 5.32 Å². The summed E-state index contributed by atoms with van der Waals surface area (Å²) < 4.78 is 30.8. The first-order valence-corrected chi connectivity index (χ1v) is 9.65. The summed E-state index contributed by atoms with van der Waals surface area (Å²) in [6.07, 6.45) is 1.27. The number of fused-ring (bicyclic) bond motifs is 2. The first-order valence-electron chi connectivity index (χ1n) is 9.65. The summed E-state index contributed by atoms with van der Waals surface area (Å²) in [5.74, 6) is -2.75. The fraction of sp³-hybridized carbons (Fsp3) is 0.130. The lowest BCUT2D eigenvalue weighted by Crippen LogP contribution is -2.16. The number of aliphatic imine (C=N–C) groups is 1. The van der Waals surface area contributed by atoms with E-state index >= 15 is 0 Å². The van der Waals surface area contributed by atoms with E-state index in [-0.39, 0.29) is 10.9 Å². The van der Waals surface area contributed by atoms with Crippen molar-refractivity contribution in [2.45, 2.75) is 13.5 Å². The zero-order valence-electron chi connectivity index (χ0n) is 16.8. The second kappa shape index (κ2) is 7.09. The van der Waals surface area contributed by atoms with E-state index in [1.54, 1.807) is 19.2 Å². The number of carbonyl (C=O) groups excluding carboxylic acids is 1. The van der Waals surface area contributed by atoms with E-state index in [1.807, 2.05) is 31.2 Å². The van der Waals surface area contributed by atoms with Crippen LogP contribution in [0.4, 0.5) is 14.5 Å². The van der Waals surface area contributed by atoms with Gasteiger partial charge in [-0.3, -0.25) is 19.5 Å². The molecule has 8 heteroatoms. The maximum absolute atomic E-state index is 14.9. The van der Waals surface area contributed by atoms with Gasteiger partial charge in [-0.05, 0) is 36.8 Å². The molecule has 0 spiro atoms. The molecule has 2 aromatic heterocycles. The maximum atomic E-state index is 14.9. The largest absolute Gasteiger partial charge is 0.322 e. The molecule has 1 N–H and O–H groups in total. The first kappa shape index (κ1) is 19.0. The van der Waals surface area contributed by atoms with Gasteiger partial charge in [0.05, 0.1) is 35.1 Å². The van der Waals surface area contributed by atoms with Crippen LogP contribution in [0.3, 0.4) is 0 Å². The molecule has 0 saturated heterocycles. The van der Waals surface area contributed by atoms with Crippen molar-refractivity contribution in [1.82, 2.24) is 14.8 Å². The van der Waals surface area contributed by atoms with E-state index < -0.39 is 23.1 Å². The van der Waals surface area contributed by atoms with Gasteiger partial charge in [-0.1, -0.05) is 12.1 Å². The number of benzene rings is 2. The number of hydrogen-bond donors (Lipinski definition) is 1. The molecule has 1 amide bonds. The van der Waals surface area contributed by atoms with Crippen LogP contribution in [0.2, 0.25) is 0 Å². The van der Waals surface area contributed by atoms with Crippen molar-refractivity contribution in [3.05, 3.63) is 88.4 Å². The Morgan fingerprint density at radius 3 is 2.81 bits per heavy atom. The lowest BCUT2D eigenvalue weighted by Gasteiger charge is -2.11. The van der Waals surface area contributed by atoms with E-state index in [0.717, 1.165) is 34.3 Å². The third kappa shape index (κ3) is 3.16. The molecule has 0 radical (unpaired) electrons. The van der Waals surface area contributed by atoms with E-state index in [1.165, 1.54) is 10.9 Å². The average molecular weight is 417 g/mol. The summed E-state index contributed by atoms with van der Waals surface area (Å²) in [6.45, 7) is 2.41. The van der Waals surface area contributed by atoms with Crippen molar-refractivity contribution in [2.24, 2.45) is 12.0 Å². The van der Waals surface area contributed by atoms with Crippen LogP contribution in [0.15, 0.2) is 53.7 Å². The highest BCUT2D eigenvalue weighted by Crippen LogP contribution is 2.28. The van der Waals surface area contributed by atoms with Gasteiger partial charge < -0.3 is 5.32 Å². The molecule has 2 aromatic carbocycles. The molecule has 0 saturated carbocycles. The van der Waals surface area contributed by atoms with Crippen LogP contribution in [0.5, 0.6) is 0 Å². The molecular weight excluding hydrogens is 400 g/mol. The van der Waals surface area contributed by atoms with Gasteiger partial charge in [-0.15, -0.1) is 0 Å². The van der Waals surface area contributed by atoms with Gasteiger partial charge in [-0.25, -0.2) is 8.78 Å². The topological polar surface area (TPSA) is 72.2 Å². The fourth-order valence-electron chi connectivity index (χ4n) is 3.78. The summed E-state index contributed by atoms with van der Waals surface area (Å²) in [6, 6.07) is 12.1. The minimum Gasteiger partial charge on any atom is -0.322 e. The number of hydrogen-bond acceptors (Lipinski definition) is 4. The molecule has 0 aliphatic carbocycles. The number of anilines is 1. The lowest BCUT2D eigenvalue weighted by molar-refractivity contribution is 0.101. The zero-order chi connectivity index (χ0) is 21.7. The molecule has 0 unspecified atom stereocenters. The molecule has 31 heavy (non-hydrogen) atoms. The number of pyridine rings is 1. The number of halogens is 2. The first-order chi connectivity index (χ1) is 14.9. The third-order valence-corrected chi connectivity index (χ3v) is 5.33. The summed E-state index contributed by atoms with van der Waals surface area (Å²) in [5, 5.41) is 6.61. The Hall–Kier alpha value is -3.94. The Kier molecular flexibility index (Phi) is 4.35. The van der Waals surface area contributed by atoms with Gasteiger partial charge in [0.2, 0.25) is 0 Å². The highest BCUT2D eigenvalue weighted by Gasteiger charge is 2.24. The van der Waals surface area contributed by atoms with Crippen LogP contribution in [-0.4, -0.2) is 26.4 Å². The van der Waals surface area contributed by atoms with Crippen LogP contribution < -0.4 is 5.32 Å². The molecule has 3 heterocycles. The summed E-state index contributed by atoms with van der Waals surface area (Å²) >= 11 is 0. The highest BCUT2D eigenvalue weighted by molar-refractivity contribution is 6.15. The Morgan fingerprint density at radius 1 is 1.16 bits per heavy atom. The van der Waals surface area contributed by atoms with Gasteiger partial charge in [0, 0.05) is 30.1 Å². The molecule has 4 aromatic rings. The molecule has 5 rings (SSSR count). The van der Waals surface area contributed by atoms with Crippen molar-refractivity contribution >= 4 is 28.2 Å². The molecular formula is C23H17F2N5O. The number of nitrogens with zero attached hydrogens (tertiary/aromatic N) is 4. The zero-order valence-corrected chi connectivity index (χ0v) is 16.8. The molecule has 0 fully saturated rings. The van der Waals surface area contributed by atoms with E-state index in [2.05, 4.69) is 20.4 Å². The van der Waals surface area contributed by atoms with Crippen molar-refractivity contribution in [1.29, 1.82) is 0 Å². The summed E-state index contributed by atoms with van der Waals surface area (Å²) in [7, 11) is 1.58. The van der Waals surface area contributed by atoms with Gasteiger partial charge in [0.1, 0.15) is 17.2 Å². The summed E-state index contributed by atoms with van der Waals surface area (Å²) in [4.78, 5) is 21.8. The van der Waals surface area contributed by atoms with Gasteiger partial charge in [0.15, 0.2) is 0 Å². The maximum Gasteiger partial charge on any atom is 0.261 e. The Bertz CT molecular complexity index is 1410. The van der Waals surface area contributed by atoms with Gasteiger partial charge in [0.25, 0.3) is 5.91 Å².